The van der Waals surface area contributed by atoms with Crippen molar-refractivity contribution in [1.29, 1.82) is 0 Å². The molecule has 0 spiro atoms. The van der Waals surface area contributed by atoms with E-state index >= 15 is 0 Å². The van der Waals surface area contributed by atoms with Crippen LogP contribution in [0.1, 0.15) is 47.5 Å². The van der Waals surface area contributed by atoms with Crippen molar-refractivity contribution in [1.82, 2.24) is 0 Å². The fraction of sp³-hybridized carbons (Fsp3) is 0.800. The summed E-state index contributed by atoms with van der Waals surface area (Å²) >= 11 is 0. The highest BCUT2D eigenvalue weighted by atomic mass is 13.7. The average Bonchev–Trinajstić information content (AvgIpc) is 1.91. The van der Waals surface area contributed by atoms with Crippen LogP contribution in [0.4, 0.5) is 0 Å². The van der Waals surface area contributed by atoms with Crippen LogP contribution >= 0.6 is 0 Å². The summed E-state index contributed by atoms with van der Waals surface area (Å²) in [5, 5.41) is 0. The summed E-state index contributed by atoms with van der Waals surface area (Å²) in [5.41, 5.74) is 0. The van der Waals surface area contributed by atoms with Gasteiger partial charge in [-0.1, -0.05) is 47.5 Å². The molecule has 0 heteroatoms. The van der Waals surface area contributed by atoms with Crippen LogP contribution in [0.15, 0.2) is 13.2 Å². The van der Waals surface area contributed by atoms with Crippen LogP contribution in [-0.2, 0) is 0 Å². The number of unbranched alkanes of at least 4 members (excludes halogenated alkanes) is 1. The maximum Gasteiger partial charge on any atom is -0.0500 e. The highest BCUT2D eigenvalue weighted by Gasteiger charge is 1.68. The van der Waals surface area contributed by atoms with E-state index in [4.69, 9.17) is 0 Å². The molecule has 0 unspecified atom stereocenters. The molecule has 0 fully saturated rings. The number of hydrogen-bond acceptors (Lipinski definition) is 0. The first-order valence-corrected chi connectivity index (χ1v) is 4.15. The van der Waals surface area contributed by atoms with Gasteiger partial charge in [0.1, 0.15) is 0 Å². The Bertz CT molecular complexity index is 24.3. The van der Waals surface area contributed by atoms with Crippen molar-refractivity contribution in [3.8, 4) is 0 Å². The monoisotopic (exact) mass is 144 g/mol. The third kappa shape index (κ3) is 642. The van der Waals surface area contributed by atoms with Crippen LogP contribution in [-0.4, -0.2) is 0 Å². The summed E-state index contributed by atoms with van der Waals surface area (Å²) in [6.07, 6.45) is 2.64. The van der Waals surface area contributed by atoms with Gasteiger partial charge >= 0.3 is 0 Å². The van der Waals surface area contributed by atoms with Gasteiger partial charge in [-0.15, -0.1) is 13.2 Å². The van der Waals surface area contributed by atoms with Gasteiger partial charge in [-0.3, -0.25) is 0 Å². The van der Waals surface area contributed by atoms with E-state index in [0.717, 1.165) is 5.92 Å². The van der Waals surface area contributed by atoms with Crippen molar-refractivity contribution in [3.05, 3.63) is 13.2 Å². The highest BCUT2D eigenvalue weighted by Crippen LogP contribution is 1.81. The molecule has 0 aliphatic carbocycles. The second-order valence-electron chi connectivity index (χ2n) is 2.73. The van der Waals surface area contributed by atoms with E-state index in [1.807, 2.05) is 0 Å². The minimum absolute atomic E-state index is 0.833. The molecule has 0 atom stereocenters. The molecule has 0 aromatic heterocycles. The maximum atomic E-state index is 3.00. The molecular formula is C10H24. The Morgan fingerprint density at radius 3 is 1.00 bits per heavy atom. The van der Waals surface area contributed by atoms with Crippen LogP contribution < -0.4 is 0 Å². The zero-order valence-corrected chi connectivity index (χ0v) is 8.41. The van der Waals surface area contributed by atoms with Crippen LogP contribution in [0.2, 0.25) is 0 Å². The normalized spacial score (nSPS) is 7.00. The van der Waals surface area contributed by atoms with Crippen LogP contribution in [0.25, 0.3) is 0 Å². The molecule has 0 nitrogen and oxygen atoms in total. The Balaban J connectivity index is -0.0000000787. The van der Waals surface area contributed by atoms with Gasteiger partial charge in [0.15, 0.2) is 0 Å². The highest BCUT2D eigenvalue weighted by molar-refractivity contribution is 4.22. The first-order chi connectivity index (χ1) is 4.65. The lowest BCUT2D eigenvalue weighted by molar-refractivity contribution is 0.737. The van der Waals surface area contributed by atoms with E-state index in [0.29, 0.717) is 0 Å². The van der Waals surface area contributed by atoms with E-state index in [1.165, 1.54) is 12.8 Å². The minimum Gasteiger partial charge on any atom is -0.106 e. The first kappa shape index (κ1) is 16.4. The zero-order valence-electron chi connectivity index (χ0n) is 8.41. The molecule has 0 saturated carbocycles. The van der Waals surface area contributed by atoms with Crippen molar-refractivity contribution in [3.63, 3.8) is 0 Å². The Labute approximate surface area is 67.3 Å². The van der Waals surface area contributed by atoms with Gasteiger partial charge < -0.3 is 0 Å². The second-order valence-corrected chi connectivity index (χ2v) is 2.73. The van der Waals surface area contributed by atoms with Gasteiger partial charge in [-0.2, -0.15) is 0 Å². The largest absolute Gasteiger partial charge is 0.106 e. The van der Waals surface area contributed by atoms with Gasteiger partial charge in [0.25, 0.3) is 0 Å². The SMILES string of the molecule is C=C.CC(C)C.CCCC. The molecule has 0 N–H and O–H groups in total. The van der Waals surface area contributed by atoms with Gasteiger partial charge in [-0.05, 0) is 5.92 Å². The van der Waals surface area contributed by atoms with Crippen molar-refractivity contribution in [2.75, 3.05) is 0 Å². The number of hydrogen-bond donors (Lipinski definition) is 0. The Hall–Kier alpha value is -0.260. The third-order valence-corrected chi connectivity index (χ3v) is 0.500. The molecule has 0 aromatic carbocycles. The Morgan fingerprint density at radius 2 is 1.00 bits per heavy atom. The fourth-order valence-corrected chi connectivity index (χ4v) is 0. The molecule has 0 aliphatic heterocycles. The van der Waals surface area contributed by atoms with Crippen molar-refractivity contribution in [2.45, 2.75) is 47.5 Å². The molecule has 0 saturated heterocycles. The minimum atomic E-state index is 0.833. The topological polar surface area (TPSA) is 0 Å². The lowest BCUT2D eigenvalue weighted by Gasteiger charge is -1.79. The quantitative estimate of drug-likeness (QED) is 0.482. The van der Waals surface area contributed by atoms with E-state index < -0.39 is 0 Å². The molecule has 0 radical (unpaired) electrons. The molecule has 0 aliphatic rings. The molecule has 64 valence electrons. The second kappa shape index (κ2) is 23.3. The van der Waals surface area contributed by atoms with Crippen LogP contribution in [0.5, 0.6) is 0 Å². The van der Waals surface area contributed by atoms with Gasteiger partial charge in [0.2, 0.25) is 0 Å². The Kier molecular flexibility index (Phi) is 38.2. The average molecular weight is 144 g/mol. The van der Waals surface area contributed by atoms with E-state index in [1.54, 1.807) is 0 Å². The molecule has 10 heavy (non-hydrogen) atoms. The van der Waals surface area contributed by atoms with Gasteiger partial charge in [0, 0.05) is 0 Å². The Morgan fingerprint density at radius 1 is 0.900 bits per heavy atom. The molecular weight excluding hydrogens is 120 g/mol. The van der Waals surface area contributed by atoms with Gasteiger partial charge in [-0.25, -0.2) is 0 Å². The summed E-state index contributed by atoms with van der Waals surface area (Å²) in [6, 6.07) is 0. The smallest absolute Gasteiger partial charge is 0.0500 e. The van der Waals surface area contributed by atoms with Crippen molar-refractivity contribution >= 4 is 0 Å². The third-order valence-electron chi connectivity index (χ3n) is 0.500. The van der Waals surface area contributed by atoms with Gasteiger partial charge in [0.05, 0.1) is 0 Å². The van der Waals surface area contributed by atoms with Crippen molar-refractivity contribution < 1.29 is 0 Å². The molecule has 0 bridgehead atoms. The first-order valence-electron chi connectivity index (χ1n) is 4.15. The maximum absolute atomic E-state index is 3.00. The van der Waals surface area contributed by atoms with Crippen LogP contribution in [0, 0.1) is 5.92 Å². The molecule has 0 heterocycles. The van der Waals surface area contributed by atoms with E-state index in [9.17, 15) is 0 Å². The lowest BCUT2D eigenvalue weighted by Crippen LogP contribution is -1.66. The predicted octanol–water partition coefficient (Wildman–Crippen LogP) is 4.27. The number of rotatable bonds is 1. The standard InChI is InChI=1S/2C4H10.C2H4/c1-4(2)3;1-3-4-2;1-2/h4H,1-3H3;3-4H2,1-2H3;1-2H2. The summed E-state index contributed by atoms with van der Waals surface area (Å²) in [6.45, 7) is 16.9. The summed E-state index contributed by atoms with van der Waals surface area (Å²) in [5.74, 6) is 0.833. The zero-order chi connectivity index (χ0) is 8.99. The molecule has 0 amide bonds. The summed E-state index contributed by atoms with van der Waals surface area (Å²) < 4.78 is 0. The molecule has 0 aromatic rings. The predicted molar refractivity (Wildman–Crippen MR) is 52.3 cm³/mol. The van der Waals surface area contributed by atoms with Crippen molar-refractivity contribution in [2.24, 2.45) is 5.92 Å². The summed E-state index contributed by atoms with van der Waals surface area (Å²) in [7, 11) is 0. The summed E-state index contributed by atoms with van der Waals surface area (Å²) in [4.78, 5) is 0. The van der Waals surface area contributed by atoms with E-state index in [2.05, 4.69) is 47.8 Å². The lowest BCUT2D eigenvalue weighted by atomic mass is 10.3. The van der Waals surface area contributed by atoms with E-state index in [-0.39, 0.29) is 0 Å². The molecule has 0 rings (SSSR count). The van der Waals surface area contributed by atoms with Crippen LogP contribution in [0.3, 0.4) is 0 Å². The fourth-order valence-electron chi connectivity index (χ4n) is 0.